The van der Waals surface area contributed by atoms with Crippen molar-refractivity contribution in [1.82, 2.24) is 4.31 Å². The van der Waals surface area contributed by atoms with Crippen molar-refractivity contribution in [3.63, 3.8) is 0 Å². The summed E-state index contributed by atoms with van der Waals surface area (Å²) in [6, 6.07) is 5.82. The fourth-order valence-corrected chi connectivity index (χ4v) is 4.65. The molecule has 0 unspecified atom stereocenters. The molecular weight excluding hydrogens is 336 g/mol. The van der Waals surface area contributed by atoms with Gasteiger partial charge in [0.15, 0.2) is 0 Å². The molecule has 5 nitrogen and oxygen atoms in total. The molecule has 0 spiro atoms. The monoisotopic (exact) mass is 366 g/mol. The standard InChI is InChI=1S/C19H30N2O3S/c1-15-9-8-12-18(16(15)2)20-19(22)13-14-21(25(3,23)24)17-10-6-4-5-7-11-17/h8-9,12,17H,4-7,10-11,13-14H2,1-3H3,(H,20,22). The van der Waals surface area contributed by atoms with Crippen LogP contribution in [0.3, 0.4) is 0 Å². The third-order valence-corrected chi connectivity index (χ3v) is 6.43. The van der Waals surface area contributed by atoms with E-state index >= 15 is 0 Å². The van der Waals surface area contributed by atoms with Gasteiger partial charge in [-0.1, -0.05) is 37.8 Å². The number of amides is 1. The Balaban J connectivity index is 1.99. The maximum absolute atomic E-state index is 12.3. The van der Waals surface area contributed by atoms with Gasteiger partial charge in [0.2, 0.25) is 15.9 Å². The van der Waals surface area contributed by atoms with Gasteiger partial charge >= 0.3 is 0 Å². The fourth-order valence-electron chi connectivity index (χ4n) is 3.48. The average Bonchev–Trinajstić information content (AvgIpc) is 2.80. The quantitative estimate of drug-likeness (QED) is 0.782. The smallest absolute Gasteiger partial charge is 0.225 e. The summed E-state index contributed by atoms with van der Waals surface area (Å²) >= 11 is 0. The van der Waals surface area contributed by atoms with Crippen LogP contribution in [0.4, 0.5) is 5.69 Å². The van der Waals surface area contributed by atoms with E-state index in [1.165, 1.54) is 19.1 Å². The van der Waals surface area contributed by atoms with Crippen molar-refractivity contribution >= 4 is 21.6 Å². The summed E-state index contributed by atoms with van der Waals surface area (Å²) in [5.74, 6) is -0.143. The van der Waals surface area contributed by atoms with Crippen LogP contribution in [-0.4, -0.2) is 37.5 Å². The molecule has 1 amide bonds. The van der Waals surface area contributed by atoms with Crippen LogP contribution in [0, 0.1) is 13.8 Å². The second-order valence-electron chi connectivity index (χ2n) is 7.06. The molecule has 0 atom stereocenters. The molecule has 1 aliphatic carbocycles. The summed E-state index contributed by atoms with van der Waals surface area (Å²) in [5.41, 5.74) is 2.96. The first-order valence-corrected chi connectivity index (χ1v) is 11.0. The number of nitrogens with zero attached hydrogens (tertiary/aromatic N) is 1. The first-order chi connectivity index (χ1) is 11.8. The van der Waals surface area contributed by atoms with Crippen molar-refractivity contribution in [2.45, 2.75) is 64.8 Å². The van der Waals surface area contributed by atoms with Crippen molar-refractivity contribution in [1.29, 1.82) is 0 Å². The van der Waals surface area contributed by atoms with Gasteiger partial charge in [-0.05, 0) is 43.9 Å². The van der Waals surface area contributed by atoms with Crippen LogP contribution in [-0.2, 0) is 14.8 Å². The number of carbonyl (C=O) groups is 1. The largest absolute Gasteiger partial charge is 0.326 e. The SMILES string of the molecule is Cc1cccc(NC(=O)CCN(C2CCCCCC2)S(C)(=O)=O)c1C. The minimum absolute atomic E-state index is 0.0333. The lowest BCUT2D eigenvalue weighted by molar-refractivity contribution is -0.116. The normalized spacial score (nSPS) is 16.6. The highest BCUT2D eigenvalue weighted by Gasteiger charge is 2.27. The van der Waals surface area contributed by atoms with Crippen LogP contribution in [0.1, 0.15) is 56.1 Å². The van der Waals surface area contributed by atoms with Gasteiger partial charge in [-0.3, -0.25) is 4.79 Å². The Labute approximate surface area is 151 Å². The summed E-state index contributed by atoms with van der Waals surface area (Å²) in [5, 5.41) is 2.91. The summed E-state index contributed by atoms with van der Waals surface area (Å²) in [7, 11) is -3.31. The van der Waals surface area contributed by atoms with E-state index in [4.69, 9.17) is 0 Å². The lowest BCUT2D eigenvalue weighted by atomic mass is 10.1. The maximum atomic E-state index is 12.3. The molecule has 0 radical (unpaired) electrons. The van der Waals surface area contributed by atoms with Gasteiger partial charge < -0.3 is 5.32 Å². The number of sulfonamides is 1. The predicted octanol–water partition coefficient (Wildman–Crippen LogP) is 3.62. The zero-order valence-electron chi connectivity index (χ0n) is 15.5. The molecule has 0 saturated heterocycles. The Morgan fingerprint density at radius 1 is 1.16 bits per heavy atom. The van der Waals surface area contributed by atoms with E-state index in [1.807, 2.05) is 32.0 Å². The molecule has 1 saturated carbocycles. The molecule has 0 heterocycles. The van der Waals surface area contributed by atoms with E-state index < -0.39 is 10.0 Å². The molecule has 140 valence electrons. The van der Waals surface area contributed by atoms with E-state index in [0.717, 1.165) is 42.5 Å². The van der Waals surface area contributed by atoms with Crippen LogP contribution in [0.25, 0.3) is 0 Å². The van der Waals surface area contributed by atoms with E-state index in [0.29, 0.717) is 0 Å². The predicted molar refractivity (Wildman–Crippen MR) is 102 cm³/mol. The van der Waals surface area contributed by atoms with Crippen LogP contribution in [0.2, 0.25) is 0 Å². The molecule has 1 aliphatic rings. The number of hydrogen-bond acceptors (Lipinski definition) is 3. The maximum Gasteiger partial charge on any atom is 0.225 e. The van der Waals surface area contributed by atoms with Crippen LogP contribution >= 0.6 is 0 Å². The molecule has 6 heteroatoms. The molecule has 0 aliphatic heterocycles. The molecule has 2 rings (SSSR count). The molecular formula is C19H30N2O3S. The number of carbonyl (C=O) groups excluding carboxylic acids is 1. The third kappa shape index (κ3) is 5.82. The van der Waals surface area contributed by atoms with Gasteiger partial charge in [0.05, 0.1) is 6.26 Å². The van der Waals surface area contributed by atoms with Gasteiger partial charge in [0.25, 0.3) is 0 Å². The Hall–Kier alpha value is -1.40. The minimum Gasteiger partial charge on any atom is -0.326 e. The molecule has 0 bridgehead atoms. The van der Waals surface area contributed by atoms with Crippen molar-refractivity contribution < 1.29 is 13.2 Å². The van der Waals surface area contributed by atoms with Gasteiger partial charge in [0, 0.05) is 24.7 Å². The fraction of sp³-hybridized carbons (Fsp3) is 0.632. The second-order valence-corrected chi connectivity index (χ2v) is 9.00. The average molecular weight is 367 g/mol. The Kier molecular flexibility index (Phi) is 7.02. The van der Waals surface area contributed by atoms with Crippen molar-refractivity contribution in [2.75, 3.05) is 18.1 Å². The van der Waals surface area contributed by atoms with E-state index in [9.17, 15) is 13.2 Å². The number of aryl methyl sites for hydroxylation is 1. The van der Waals surface area contributed by atoms with E-state index in [-0.39, 0.29) is 24.9 Å². The van der Waals surface area contributed by atoms with Crippen LogP contribution < -0.4 is 5.32 Å². The van der Waals surface area contributed by atoms with Crippen molar-refractivity contribution in [2.24, 2.45) is 0 Å². The Morgan fingerprint density at radius 2 is 1.80 bits per heavy atom. The second kappa shape index (κ2) is 8.81. The Morgan fingerprint density at radius 3 is 2.40 bits per heavy atom. The number of benzene rings is 1. The molecule has 0 aromatic heterocycles. The number of hydrogen-bond donors (Lipinski definition) is 1. The molecule has 1 aromatic rings. The Bertz CT molecular complexity index is 693. The lowest BCUT2D eigenvalue weighted by Gasteiger charge is -2.28. The lowest BCUT2D eigenvalue weighted by Crippen LogP contribution is -2.41. The zero-order valence-corrected chi connectivity index (χ0v) is 16.4. The van der Waals surface area contributed by atoms with Gasteiger partial charge in [-0.2, -0.15) is 4.31 Å². The van der Waals surface area contributed by atoms with Gasteiger partial charge in [-0.25, -0.2) is 8.42 Å². The van der Waals surface area contributed by atoms with Crippen LogP contribution in [0.5, 0.6) is 0 Å². The molecule has 1 fully saturated rings. The van der Waals surface area contributed by atoms with Crippen molar-refractivity contribution in [3.8, 4) is 0 Å². The minimum atomic E-state index is -3.31. The molecule has 1 aromatic carbocycles. The summed E-state index contributed by atoms with van der Waals surface area (Å²) in [6.45, 7) is 4.22. The van der Waals surface area contributed by atoms with Crippen LogP contribution in [0.15, 0.2) is 18.2 Å². The highest BCUT2D eigenvalue weighted by atomic mass is 32.2. The van der Waals surface area contributed by atoms with Crippen molar-refractivity contribution in [3.05, 3.63) is 29.3 Å². The number of anilines is 1. The van der Waals surface area contributed by atoms with E-state index in [1.54, 1.807) is 4.31 Å². The number of nitrogens with one attached hydrogen (secondary N) is 1. The summed E-state index contributed by atoms with van der Waals surface area (Å²) in [4.78, 5) is 12.3. The third-order valence-electron chi connectivity index (χ3n) is 5.10. The highest BCUT2D eigenvalue weighted by Crippen LogP contribution is 2.24. The highest BCUT2D eigenvalue weighted by molar-refractivity contribution is 7.88. The molecule has 25 heavy (non-hydrogen) atoms. The van der Waals surface area contributed by atoms with Gasteiger partial charge in [0.1, 0.15) is 0 Å². The molecule has 1 N–H and O–H groups in total. The number of rotatable bonds is 6. The topological polar surface area (TPSA) is 66.5 Å². The van der Waals surface area contributed by atoms with E-state index in [2.05, 4.69) is 5.32 Å². The first-order valence-electron chi connectivity index (χ1n) is 9.12. The summed E-state index contributed by atoms with van der Waals surface area (Å²) in [6.07, 6.45) is 7.67. The van der Waals surface area contributed by atoms with Gasteiger partial charge in [-0.15, -0.1) is 0 Å². The summed E-state index contributed by atoms with van der Waals surface area (Å²) < 4.78 is 26.0. The first kappa shape index (κ1) is 19.9. The zero-order chi connectivity index (χ0) is 18.4.